The first-order valence-electron chi connectivity index (χ1n) is 14.4. The molecule has 0 atom stereocenters. The summed E-state index contributed by atoms with van der Waals surface area (Å²) in [5.41, 5.74) is 6.10. The van der Waals surface area contributed by atoms with Gasteiger partial charge in [-0.15, -0.1) is 5.10 Å². The Balaban J connectivity index is 1.39. The maximum Gasteiger partial charge on any atom is 0.250 e. The second kappa shape index (κ2) is 11.7. The Bertz CT molecular complexity index is 1960. The lowest BCUT2D eigenvalue weighted by Gasteiger charge is -2.36. The monoisotopic (exact) mass is 572 g/mol. The number of aromatic amines is 1. The normalized spacial score (nSPS) is 11.4. The first-order valence-corrected chi connectivity index (χ1v) is 14.4. The summed E-state index contributed by atoms with van der Waals surface area (Å²) in [6.07, 6.45) is 2.06. The quantitative estimate of drug-likeness (QED) is 0.209. The fourth-order valence-corrected chi connectivity index (χ4v) is 5.91. The van der Waals surface area contributed by atoms with Crippen molar-refractivity contribution in [1.82, 2.24) is 30.2 Å². The molecular weight excluding hydrogens is 544 g/mol. The van der Waals surface area contributed by atoms with Crippen LogP contribution in [-0.2, 0) is 12.0 Å². The fourth-order valence-electron chi connectivity index (χ4n) is 5.91. The largest absolute Gasteiger partial charge is 0.310 e. The lowest BCUT2D eigenvalue weighted by molar-refractivity contribution is 0.451. The first-order chi connectivity index (χ1) is 21.7. The molecule has 44 heavy (non-hydrogen) atoms. The number of hydrogen-bond acceptors (Lipinski definition) is 5. The first kappa shape index (κ1) is 26.9. The third-order valence-corrected chi connectivity index (χ3v) is 7.89. The molecule has 2 heterocycles. The number of nitrogens with zero attached hydrogens (tertiary/aromatic N) is 5. The highest BCUT2D eigenvalue weighted by atomic mass is 16.1. The number of H-pyrrole nitrogens is 1. The number of benzene rings is 5. The highest BCUT2D eigenvalue weighted by Crippen LogP contribution is 2.43. The predicted octanol–water partition coefficient (Wildman–Crippen LogP) is 6.52. The van der Waals surface area contributed by atoms with E-state index in [2.05, 4.69) is 129 Å². The minimum Gasteiger partial charge on any atom is -0.310 e. The number of tetrazole rings is 1. The number of rotatable bonds is 8. The van der Waals surface area contributed by atoms with E-state index in [-0.39, 0.29) is 5.56 Å². The van der Waals surface area contributed by atoms with E-state index < -0.39 is 5.54 Å². The molecule has 7 rings (SSSR count). The molecule has 0 radical (unpaired) electrons. The number of nitrogens with one attached hydrogen (secondary N) is 1. The molecule has 7 heteroatoms. The van der Waals surface area contributed by atoms with E-state index >= 15 is 0 Å². The Morgan fingerprint density at radius 1 is 0.614 bits per heavy atom. The Morgan fingerprint density at radius 3 is 1.73 bits per heavy atom. The zero-order chi connectivity index (χ0) is 29.8. The summed E-state index contributed by atoms with van der Waals surface area (Å²) >= 11 is 0. The third kappa shape index (κ3) is 4.90. The van der Waals surface area contributed by atoms with E-state index in [1.807, 2.05) is 35.0 Å². The Kier molecular flexibility index (Phi) is 7.18. The van der Waals surface area contributed by atoms with Crippen molar-refractivity contribution in [3.8, 4) is 22.5 Å². The van der Waals surface area contributed by atoms with E-state index in [1.165, 1.54) is 12.3 Å². The molecule has 7 aromatic rings. The van der Waals surface area contributed by atoms with E-state index in [4.69, 9.17) is 5.21 Å². The average Bonchev–Trinajstić information content (AvgIpc) is 3.57. The summed E-state index contributed by atoms with van der Waals surface area (Å²) in [4.78, 5) is 18.8. The SMILES string of the molecule is O=c1ccnc(Cc2ccc(-c3ccccc3-c3nnnn3C(c3ccccc3)(c3ccccc3)c3ccccc3)cc2)[nH]1. The minimum absolute atomic E-state index is 0.157. The standard InChI is InChI=1S/C37H28N6O/c44-35-24-25-38-34(39-35)26-27-20-22-28(23-21-27)32-18-10-11-19-33(32)36-40-41-42-43(36)37(29-12-4-1-5-13-29,30-14-6-2-7-15-30)31-16-8-3-9-17-31/h1-25H,26H2,(H,38,39,44). The van der Waals surface area contributed by atoms with Crippen LogP contribution in [0.15, 0.2) is 157 Å². The maximum absolute atomic E-state index is 11.7. The molecule has 5 aromatic carbocycles. The van der Waals surface area contributed by atoms with Crippen molar-refractivity contribution in [2.45, 2.75) is 12.0 Å². The summed E-state index contributed by atoms with van der Waals surface area (Å²) in [6.45, 7) is 0. The zero-order valence-electron chi connectivity index (χ0n) is 23.8. The lowest BCUT2D eigenvalue weighted by Crippen LogP contribution is -2.39. The van der Waals surface area contributed by atoms with Crippen molar-refractivity contribution in [1.29, 1.82) is 0 Å². The number of hydrogen-bond donors (Lipinski definition) is 1. The van der Waals surface area contributed by atoms with Crippen LogP contribution in [0, 0.1) is 0 Å². The molecule has 2 aromatic heterocycles. The van der Waals surface area contributed by atoms with Crippen LogP contribution in [0.2, 0.25) is 0 Å². The molecule has 0 aliphatic carbocycles. The molecule has 0 unspecified atom stereocenters. The van der Waals surface area contributed by atoms with E-state index in [9.17, 15) is 4.79 Å². The van der Waals surface area contributed by atoms with Crippen LogP contribution in [0.3, 0.4) is 0 Å². The maximum atomic E-state index is 11.7. The van der Waals surface area contributed by atoms with Gasteiger partial charge in [-0.1, -0.05) is 140 Å². The smallest absolute Gasteiger partial charge is 0.250 e. The van der Waals surface area contributed by atoms with Gasteiger partial charge in [0.1, 0.15) is 11.4 Å². The summed E-state index contributed by atoms with van der Waals surface area (Å²) in [6, 6.07) is 49.1. The van der Waals surface area contributed by atoms with Gasteiger partial charge < -0.3 is 4.98 Å². The molecule has 7 nitrogen and oxygen atoms in total. The molecule has 0 bridgehead atoms. The fraction of sp³-hybridized carbons (Fsp3) is 0.0541. The minimum atomic E-state index is -0.848. The van der Waals surface area contributed by atoms with Gasteiger partial charge in [0.05, 0.1) is 0 Å². The lowest BCUT2D eigenvalue weighted by atomic mass is 9.77. The van der Waals surface area contributed by atoms with Gasteiger partial charge in [0.15, 0.2) is 5.82 Å². The molecule has 0 amide bonds. The zero-order valence-corrected chi connectivity index (χ0v) is 23.8. The van der Waals surface area contributed by atoms with Gasteiger partial charge in [-0.25, -0.2) is 9.67 Å². The summed E-state index contributed by atoms with van der Waals surface area (Å²) in [7, 11) is 0. The molecule has 1 N–H and O–H groups in total. The highest BCUT2D eigenvalue weighted by molar-refractivity contribution is 5.81. The molecule has 212 valence electrons. The molecule has 0 saturated heterocycles. The van der Waals surface area contributed by atoms with Gasteiger partial charge >= 0.3 is 0 Å². The van der Waals surface area contributed by atoms with Crippen LogP contribution in [-0.4, -0.2) is 30.2 Å². The molecule has 0 aliphatic rings. The van der Waals surface area contributed by atoms with Gasteiger partial charge in [0.2, 0.25) is 0 Å². The molecule has 0 aliphatic heterocycles. The van der Waals surface area contributed by atoms with Crippen molar-refractivity contribution < 1.29 is 0 Å². The average molecular weight is 573 g/mol. The topological polar surface area (TPSA) is 89.3 Å². The van der Waals surface area contributed by atoms with Gasteiger partial charge in [-0.05, 0) is 43.8 Å². The van der Waals surface area contributed by atoms with E-state index in [0.29, 0.717) is 18.1 Å². The molecular formula is C37H28N6O. The second-order valence-corrected chi connectivity index (χ2v) is 10.5. The predicted molar refractivity (Wildman–Crippen MR) is 171 cm³/mol. The van der Waals surface area contributed by atoms with Crippen LogP contribution in [0.25, 0.3) is 22.5 Å². The Hall–Kier alpha value is -5.95. The van der Waals surface area contributed by atoms with Crippen LogP contribution >= 0.6 is 0 Å². The molecule has 0 fully saturated rings. The summed E-state index contributed by atoms with van der Waals surface area (Å²) in [5, 5.41) is 13.6. The van der Waals surface area contributed by atoms with Gasteiger partial charge in [0.25, 0.3) is 5.56 Å². The Labute approximate surface area is 254 Å². The van der Waals surface area contributed by atoms with Gasteiger partial charge in [0, 0.05) is 24.2 Å². The van der Waals surface area contributed by atoms with Crippen molar-refractivity contribution in [2.75, 3.05) is 0 Å². The van der Waals surface area contributed by atoms with Crippen molar-refractivity contribution in [3.63, 3.8) is 0 Å². The third-order valence-electron chi connectivity index (χ3n) is 7.89. The van der Waals surface area contributed by atoms with Crippen LogP contribution in [0.5, 0.6) is 0 Å². The van der Waals surface area contributed by atoms with E-state index in [1.54, 1.807) is 0 Å². The summed E-state index contributed by atoms with van der Waals surface area (Å²) in [5.74, 6) is 1.27. The van der Waals surface area contributed by atoms with Crippen molar-refractivity contribution in [2.24, 2.45) is 0 Å². The molecule has 0 spiro atoms. The van der Waals surface area contributed by atoms with Crippen molar-refractivity contribution in [3.05, 3.63) is 190 Å². The second-order valence-electron chi connectivity index (χ2n) is 10.5. The van der Waals surface area contributed by atoms with Crippen LogP contribution < -0.4 is 5.56 Å². The Morgan fingerprint density at radius 2 is 1.16 bits per heavy atom. The molecule has 0 saturated carbocycles. The number of aromatic nitrogens is 6. The highest BCUT2D eigenvalue weighted by Gasteiger charge is 2.42. The van der Waals surface area contributed by atoms with E-state index in [0.717, 1.165) is 38.9 Å². The summed E-state index contributed by atoms with van der Waals surface area (Å²) < 4.78 is 1.96. The van der Waals surface area contributed by atoms with Crippen LogP contribution in [0.1, 0.15) is 28.1 Å². The van der Waals surface area contributed by atoms with Gasteiger partial charge in [-0.2, -0.15) is 0 Å². The van der Waals surface area contributed by atoms with Crippen molar-refractivity contribution >= 4 is 0 Å². The van der Waals surface area contributed by atoms with Crippen LogP contribution in [0.4, 0.5) is 0 Å². The van der Waals surface area contributed by atoms with Gasteiger partial charge in [-0.3, -0.25) is 4.79 Å².